The normalized spacial score (nSPS) is 15.4. The van der Waals surface area contributed by atoms with E-state index < -0.39 is 0 Å². The Labute approximate surface area is 133 Å². The maximum Gasteiger partial charge on any atom is 0.138 e. The van der Waals surface area contributed by atoms with E-state index in [-0.39, 0.29) is 0 Å². The lowest BCUT2D eigenvalue weighted by Crippen LogP contribution is -2.43. The molecular formula is C16H16ClN5. The molecule has 0 aromatic carbocycles. The van der Waals surface area contributed by atoms with Crippen LogP contribution in [0.1, 0.15) is 0 Å². The predicted octanol–water partition coefficient (Wildman–Crippen LogP) is 2.69. The zero-order valence-electron chi connectivity index (χ0n) is 12.0. The first-order valence-corrected chi connectivity index (χ1v) is 7.75. The number of pyridine rings is 2. The van der Waals surface area contributed by atoms with Gasteiger partial charge in [-0.05, 0) is 18.2 Å². The second kappa shape index (κ2) is 5.59. The first-order chi connectivity index (χ1) is 10.8. The van der Waals surface area contributed by atoms with Crippen LogP contribution in [0.2, 0.25) is 5.02 Å². The van der Waals surface area contributed by atoms with Crippen LogP contribution in [-0.4, -0.2) is 41.1 Å². The van der Waals surface area contributed by atoms with E-state index in [9.17, 15) is 0 Å². The van der Waals surface area contributed by atoms with Crippen molar-refractivity contribution in [3.63, 3.8) is 0 Å². The Morgan fingerprint density at radius 2 is 2.05 bits per heavy atom. The molecule has 0 radical (unpaired) electrons. The van der Waals surface area contributed by atoms with E-state index in [0.717, 1.165) is 54.3 Å². The van der Waals surface area contributed by atoms with Crippen molar-refractivity contribution < 1.29 is 0 Å². The van der Waals surface area contributed by atoms with Crippen LogP contribution in [0.5, 0.6) is 0 Å². The van der Waals surface area contributed by atoms with Gasteiger partial charge in [-0.2, -0.15) is 0 Å². The summed E-state index contributed by atoms with van der Waals surface area (Å²) in [6, 6.07) is 8.06. The maximum absolute atomic E-state index is 6.08. The zero-order valence-corrected chi connectivity index (χ0v) is 12.8. The molecule has 0 spiro atoms. The molecule has 112 valence electrons. The summed E-state index contributed by atoms with van der Waals surface area (Å²) in [6.07, 6.45) is 3.59. The van der Waals surface area contributed by atoms with Gasteiger partial charge in [-0.3, -0.25) is 0 Å². The minimum absolute atomic E-state index is 0.631. The third-order valence-electron chi connectivity index (χ3n) is 3.95. The lowest BCUT2D eigenvalue weighted by Gasteiger charge is -2.28. The van der Waals surface area contributed by atoms with Gasteiger partial charge in [0.1, 0.15) is 11.5 Å². The fraction of sp³-hybridized carbons (Fsp3) is 0.250. The van der Waals surface area contributed by atoms with Crippen LogP contribution in [0.15, 0.2) is 36.7 Å². The predicted molar refractivity (Wildman–Crippen MR) is 89.4 cm³/mol. The van der Waals surface area contributed by atoms with Crippen molar-refractivity contribution in [3.05, 3.63) is 41.7 Å². The van der Waals surface area contributed by atoms with Crippen LogP contribution in [0, 0.1) is 0 Å². The topological polar surface area (TPSA) is 56.8 Å². The maximum atomic E-state index is 6.08. The van der Waals surface area contributed by atoms with Crippen LogP contribution in [-0.2, 0) is 0 Å². The van der Waals surface area contributed by atoms with Gasteiger partial charge < -0.3 is 15.2 Å². The number of aromatic amines is 1. The fourth-order valence-corrected chi connectivity index (χ4v) is 2.99. The van der Waals surface area contributed by atoms with Gasteiger partial charge in [-0.1, -0.05) is 17.7 Å². The number of aromatic nitrogens is 3. The van der Waals surface area contributed by atoms with Crippen molar-refractivity contribution in [2.24, 2.45) is 0 Å². The summed E-state index contributed by atoms with van der Waals surface area (Å²) in [7, 11) is 0. The summed E-state index contributed by atoms with van der Waals surface area (Å²) in [5, 5.41) is 4.99. The molecule has 0 atom stereocenters. The van der Waals surface area contributed by atoms with Crippen LogP contribution in [0.25, 0.3) is 22.3 Å². The van der Waals surface area contributed by atoms with E-state index in [4.69, 9.17) is 16.6 Å². The second-order valence-corrected chi connectivity index (χ2v) is 5.81. The number of nitrogens with zero attached hydrogens (tertiary/aromatic N) is 3. The Morgan fingerprint density at radius 3 is 2.91 bits per heavy atom. The number of H-pyrrole nitrogens is 1. The SMILES string of the molecule is Clc1cnc2[nH]cc(-c3cccc(N4CCNCC4)n3)c2c1. The molecule has 22 heavy (non-hydrogen) atoms. The van der Waals surface area contributed by atoms with Crippen LogP contribution in [0.4, 0.5) is 5.82 Å². The summed E-state index contributed by atoms with van der Waals surface area (Å²) in [5.74, 6) is 1.02. The van der Waals surface area contributed by atoms with Crippen LogP contribution in [0.3, 0.4) is 0 Å². The monoisotopic (exact) mass is 313 g/mol. The van der Waals surface area contributed by atoms with Crippen molar-refractivity contribution in [1.82, 2.24) is 20.3 Å². The number of piperazine rings is 1. The molecule has 2 N–H and O–H groups in total. The van der Waals surface area contributed by atoms with Crippen LogP contribution >= 0.6 is 11.6 Å². The first kappa shape index (κ1) is 13.5. The van der Waals surface area contributed by atoms with Gasteiger partial charge in [0.2, 0.25) is 0 Å². The molecule has 0 bridgehead atoms. The highest BCUT2D eigenvalue weighted by atomic mass is 35.5. The quantitative estimate of drug-likeness (QED) is 0.764. The van der Waals surface area contributed by atoms with E-state index in [1.807, 2.05) is 18.3 Å². The first-order valence-electron chi connectivity index (χ1n) is 7.37. The largest absolute Gasteiger partial charge is 0.354 e. The molecule has 1 saturated heterocycles. The lowest BCUT2D eigenvalue weighted by molar-refractivity contribution is 0.585. The average molecular weight is 314 g/mol. The molecule has 4 heterocycles. The molecule has 1 fully saturated rings. The molecule has 1 aliphatic rings. The molecule has 0 aliphatic carbocycles. The minimum atomic E-state index is 0.631. The summed E-state index contributed by atoms with van der Waals surface area (Å²) in [6.45, 7) is 3.96. The zero-order chi connectivity index (χ0) is 14.9. The number of fused-ring (bicyclic) bond motifs is 1. The average Bonchev–Trinajstić information content (AvgIpc) is 2.99. The summed E-state index contributed by atoms with van der Waals surface area (Å²) in [5.41, 5.74) is 2.79. The summed E-state index contributed by atoms with van der Waals surface area (Å²) in [4.78, 5) is 14.6. The lowest BCUT2D eigenvalue weighted by atomic mass is 10.1. The number of hydrogen-bond donors (Lipinski definition) is 2. The summed E-state index contributed by atoms with van der Waals surface area (Å²) >= 11 is 6.08. The van der Waals surface area contributed by atoms with Gasteiger partial charge in [0, 0.05) is 49.5 Å². The molecule has 6 heteroatoms. The number of nitrogens with one attached hydrogen (secondary N) is 2. The van der Waals surface area contributed by atoms with Crippen molar-refractivity contribution in [2.45, 2.75) is 0 Å². The number of anilines is 1. The molecule has 0 unspecified atom stereocenters. The molecule has 0 amide bonds. The summed E-state index contributed by atoms with van der Waals surface area (Å²) < 4.78 is 0. The minimum Gasteiger partial charge on any atom is -0.354 e. The van der Waals surface area contributed by atoms with Gasteiger partial charge >= 0.3 is 0 Å². The van der Waals surface area contributed by atoms with E-state index in [0.29, 0.717) is 5.02 Å². The van der Waals surface area contributed by atoms with Gasteiger partial charge in [0.25, 0.3) is 0 Å². The van der Waals surface area contributed by atoms with E-state index in [2.05, 4.69) is 32.3 Å². The Bertz CT molecular complexity index is 807. The highest BCUT2D eigenvalue weighted by Gasteiger charge is 2.14. The molecule has 4 rings (SSSR count). The van der Waals surface area contributed by atoms with Crippen molar-refractivity contribution >= 4 is 28.5 Å². The number of halogens is 1. The van der Waals surface area contributed by atoms with E-state index in [1.54, 1.807) is 6.20 Å². The highest BCUT2D eigenvalue weighted by Crippen LogP contribution is 2.29. The Hall–Kier alpha value is -2.11. The second-order valence-electron chi connectivity index (χ2n) is 5.37. The molecular weight excluding hydrogens is 298 g/mol. The van der Waals surface area contributed by atoms with Crippen molar-refractivity contribution in [3.8, 4) is 11.3 Å². The van der Waals surface area contributed by atoms with Crippen LogP contribution < -0.4 is 10.2 Å². The molecule has 5 nitrogen and oxygen atoms in total. The number of rotatable bonds is 2. The molecule has 3 aromatic heterocycles. The van der Waals surface area contributed by atoms with Gasteiger partial charge in [0.05, 0.1) is 10.7 Å². The van der Waals surface area contributed by atoms with Gasteiger partial charge in [0.15, 0.2) is 0 Å². The van der Waals surface area contributed by atoms with Gasteiger partial charge in [-0.25, -0.2) is 9.97 Å². The van der Waals surface area contributed by atoms with Gasteiger partial charge in [-0.15, -0.1) is 0 Å². The third kappa shape index (κ3) is 2.42. The Kier molecular flexibility index (Phi) is 3.44. The third-order valence-corrected chi connectivity index (χ3v) is 4.16. The van der Waals surface area contributed by atoms with Crippen molar-refractivity contribution in [1.29, 1.82) is 0 Å². The Morgan fingerprint density at radius 1 is 1.18 bits per heavy atom. The molecule has 0 saturated carbocycles. The standard InChI is InChI=1S/C16H16ClN5/c17-11-8-12-13(10-20-16(12)19-9-11)14-2-1-3-15(21-14)22-6-4-18-5-7-22/h1-3,8-10,18H,4-7H2,(H,19,20). The Balaban J connectivity index is 1.76. The van der Waals surface area contributed by atoms with E-state index >= 15 is 0 Å². The van der Waals surface area contributed by atoms with Crippen molar-refractivity contribution in [2.75, 3.05) is 31.1 Å². The fourth-order valence-electron chi connectivity index (χ4n) is 2.83. The number of hydrogen-bond acceptors (Lipinski definition) is 4. The molecule has 1 aliphatic heterocycles. The molecule has 3 aromatic rings. The van der Waals surface area contributed by atoms with E-state index in [1.165, 1.54) is 0 Å². The smallest absolute Gasteiger partial charge is 0.138 e. The highest BCUT2D eigenvalue weighted by molar-refractivity contribution is 6.31.